The maximum atomic E-state index is 12.6. The summed E-state index contributed by atoms with van der Waals surface area (Å²) in [5.41, 5.74) is 2.69. The Morgan fingerprint density at radius 3 is 2.85 bits per heavy atom. The number of fused-ring (bicyclic) bond motifs is 1. The number of urea groups is 1. The highest BCUT2D eigenvalue weighted by molar-refractivity contribution is 7.22. The number of rotatable bonds is 4. The van der Waals surface area contributed by atoms with Crippen molar-refractivity contribution in [3.63, 3.8) is 0 Å². The molecular formula is C19H17ClN4O2S. The van der Waals surface area contributed by atoms with Crippen molar-refractivity contribution in [3.05, 3.63) is 53.1 Å². The molecule has 2 heterocycles. The lowest BCUT2D eigenvalue weighted by molar-refractivity contribution is -0.116. The number of benzene rings is 2. The number of hydrogen-bond donors (Lipinski definition) is 1. The van der Waals surface area contributed by atoms with E-state index in [9.17, 15) is 9.59 Å². The number of aryl methyl sites for hydroxylation is 1. The first-order valence-corrected chi connectivity index (χ1v) is 9.69. The van der Waals surface area contributed by atoms with E-state index in [4.69, 9.17) is 11.6 Å². The van der Waals surface area contributed by atoms with E-state index in [1.54, 1.807) is 23.1 Å². The lowest BCUT2D eigenvalue weighted by Crippen LogP contribution is -2.37. The van der Waals surface area contributed by atoms with Gasteiger partial charge in [0.1, 0.15) is 6.54 Å². The van der Waals surface area contributed by atoms with Gasteiger partial charge in [-0.05, 0) is 36.8 Å². The number of aromatic nitrogens is 1. The Morgan fingerprint density at radius 1 is 1.26 bits per heavy atom. The zero-order valence-corrected chi connectivity index (χ0v) is 16.2. The van der Waals surface area contributed by atoms with Gasteiger partial charge in [0, 0.05) is 23.8 Å². The minimum atomic E-state index is -0.256. The summed E-state index contributed by atoms with van der Waals surface area (Å²) in [6, 6.07) is 12.9. The molecule has 0 bridgehead atoms. The van der Waals surface area contributed by atoms with Crippen LogP contribution in [0.25, 0.3) is 10.2 Å². The first kappa shape index (κ1) is 17.8. The Kier molecular flexibility index (Phi) is 4.72. The number of para-hydroxylation sites is 1. The normalized spacial score (nSPS) is 14.2. The van der Waals surface area contributed by atoms with Crippen molar-refractivity contribution >= 4 is 55.9 Å². The highest BCUT2D eigenvalue weighted by atomic mass is 35.5. The molecule has 6 nitrogen and oxygen atoms in total. The lowest BCUT2D eigenvalue weighted by Gasteiger charge is -2.18. The van der Waals surface area contributed by atoms with Gasteiger partial charge in [0.25, 0.3) is 0 Å². The van der Waals surface area contributed by atoms with Crippen molar-refractivity contribution < 1.29 is 9.59 Å². The summed E-state index contributed by atoms with van der Waals surface area (Å²) in [6.45, 7) is 2.98. The van der Waals surface area contributed by atoms with Crippen LogP contribution in [0.4, 0.5) is 15.6 Å². The highest BCUT2D eigenvalue weighted by Gasteiger charge is 2.31. The Hall–Kier alpha value is -2.64. The largest absolute Gasteiger partial charge is 0.325 e. The summed E-state index contributed by atoms with van der Waals surface area (Å²) in [5, 5.41) is 3.92. The van der Waals surface area contributed by atoms with E-state index in [-0.39, 0.29) is 18.5 Å². The molecule has 1 aliphatic heterocycles. The first-order valence-electron chi connectivity index (χ1n) is 8.49. The molecule has 4 rings (SSSR count). The zero-order valence-electron chi connectivity index (χ0n) is 14.6. The van der Waals surface area contributed by atoms with E-state index in [0.29, 0.717) is 23.2 Å². The van der Waals surface area contributed by atoms with Crippen molar-refractivity contribution in [3.8, 4) is 0 Å². The summed E-state index contributed by atoms with van der Waals surface area (Å²) in [5.74, 6) is -0.256. The van der Waals surface area contributed by atoms with Crippen LogP contribution in [0.1, 0.15) is 5.56 Å². The number of thiazole rings is 1. The van der Waals surface area contributed by atoms with Crippen LogP contribution in [0.5, 0.6) is 0 Å². The summed E-state index contributed by atoms with van der Waals surface area (Å²) in [4.78, 5) is 32.6. The monoisotopic (exact) mass is 400 g/mol. The molecule has 1 saturated heterocycles. The smallest absolute Gasteiger partial charge is 0.313 e. The number of nitrogens with one attached hydrogen (secondary N) is 1. The molecule has 3 aromatic rings. The van der Waals surface area contributed by atoms with Gasteiger partial charge in [-0.3, -0.25) is 9.69 Å². The van der Waals surface area contributed by atoms with Crippen LogP contribution < -0.4 is 10.2 Å². The molecule has 1 aromatic heterocycles. The third-order valence-electron chi connectivity index (χ3n) is 4.42. The molecule has 1 N–H and O–H groups in total. The quantitative estimate of drug-likeness (QED) is 0.715. The SMILES string of the molecule is Cc1cccc2sc(NC(=O)CN3CCN(c4cccc(Cl)c4)C3=O)nc12. The van der Waals surface area contributed by atoms with Crippen molar-refractivity contribution in [2.24, 2.45) is 0 Å². The first-order chi connectivity index (χ1) is 13.0. The van der Waals surface area contributed by atoms with E-state index < -0.39 is 0 Å². The van der Waals surface area contributed by atoms with E-state index >= 15 is 0 Å². The third kappa shape index (κ3) is 3.61. The van der Waals surface area contributed by atoms with Gasteiger partial charge in [0.05, 0.1) is 10.2 Å². The molecule has 138 valence electrons. The van der Waals surface area contributed by atoms with Crippen molar-refractivity contribution in [2.45, 2.75) is 6.92 Å². The average Bonchev–Trinajstić information content (AvgIpc) is 3.19. The van der Waals surface area contributed by atoms with Crippen molar-refractivity contribution in [1.82, 2.24) is 9.88 Å². The molecule has 0 aliphatic carbocycles. The minimum Gasteiger partial charge on any atom is -0.313 e. The van der Waals surface area contributed by atoms with E-state index in [0.717, 1.165) is 21.5 Å². The number of anilines is 2. The highest BCUT2D eigenvalue weighted by Crippen LogP contribution is 2.28. The van der Waals surface area contributed by atoms with Gasteiger partial charge in [-0.25, -0.2) is 9.78 Å². The van der Waals surface area contributed by atoms with Crippen LogP contribution in [0.15, 0.2) is 42.5 Å². The molecule has 0 atom stereocenters. The second-order valence-electron chi connectivity index (χ2n) is 6.32. The number of nitrogens with zero attached hydrogens (tertiary/aromatic N) is 3. The molecule has 8 heteroatoms. The third-order valence-corrected chi connectivity index (χ3v) is 5.59. The predicted octanol–water partition coefficient (Wildman–Crippen LogP) is 4.14. The van der Waals surface area contributed by atoms with Crippen LogP contribution in [-0.4, -0.2) is 41.5 Å². The molecular weight excluding hydrogens is 384 g/mol. The van der Waals surface area contributed by atoms with Crippen molar-refractivity contribution in [2.75, 3.05) is 29.9 Å². The van der Waals surface area contributed by atoms with Gasteiger partial charge in [-0.15, -0.1) is 0 Å². The Bertz CT molecular complexity index is 1040. The van der Waals surface area contributed by atoms with Gasteiger partial charge >= 0.3 is 6.03 Å². The minimum absolute atomic E-state index is 0.00912. The van der Waals surface area contributed by atoms with Crippen LogP contribution in [0.3, 0.4) is 0 Å². The molecule has 2 aromatic carbocycles. The number of carbonyl (C=O) groups excluding carboxylic acids is 2. The van der Waals surface area contributed by atoms with Crippen LogP contribution in [-0.2, 0) is 4.79 Å². The number of halogens is 1. The Labute approximate surface area is 165 Å². The summed E-state index contributed by atoms with van der Waals surface area (Å²) < 4.78 is 1.02. The topological polar surface area (TPSA) is 65.5 Å². The molecule has 1 fully saturated rings. The molecule has 0 spiro atoms. The molecule has 1 aliphatic rings. The van der Waals surface area contributed by atoms with Crippen molar-refractivity contribution in [1.29, 1.82) is 0 Å². The second-order valence-corrected chi connectivity index (χ2v) is 7.79. The fourth-order valence-corrected chi connectivity index (χ4v) is 4.23. The maximum Gasteiger partial charge on any atom is 0.325 e. The van der Waals surface area contributed by atoms with Gasteiger partial charge < -0.3 is 10.2 Å². The second kappa shape index (κ2) is 7.17. The van der Waals surface area contributed by atoms with E-state index in [1.165, 1.54) is 16.2 Å². The van der Waals surface area contributed by atoms with E-state index in [2.05, 4.69) is 10.3 Å². The number of carbonyl (C=O) groups is 2. The molecule has 0 radical (unpaired) electrons. The zero-order chi connectivity index (χ0) is 19.0. The van der Waals surface area contributed by atoms with Crippen LogP contribution in [0.2, 0.25) is 5.02 Å². The van der Waals surface area contributed by atoms with Gasteiger partial charge in [-0.2, -0.15) is 0 Å². The molecule has 27 heavy (non-hydrogen) atoms. The standard InChI is InChI=1S/C19H17ClN4O2S/c1-12-4-2-7-15-17(12)22-18(27-15)21-16(25)11-23-8-9-24(19(23)26)14-6-3-5-13(20)10-14/h2-7,10H,8-9,11H2,1H3,(H,21,22,25). The predicted molar refractivity (Wildman–Crippen MR) is 109 cm³/mol. The van der Waals surface area contributed by atoms with Crippen LogP contribution in [0, 0.1) is 6.92 Å². The molecule has 0 unspecified atom stereocenters. The number of amides is 3. The van der Waals surface area contributed by atoms with E-state index in [1.807, 2.05) is 31.2 Å². The number of hydrogen-bond acceptors (Lipinski definition) is 4. The summed E-state index contributed by atoms with van der Waals surface area (Å²) >= 11 is 7.43. The van der Waals surface area contributed by atoms with Gasteiger partial charge in [-0.1, -0.05) is 41.1 Å². The van der Waals surface area contributed by atoms with Gasteiger partial charge in [0.15, 0.2) is 5.13 Å². The lowest BCUT2D eigenvalue weighted by atomic mass is 10.2. The molecule has 3 amide bonds. The fourth-order valence-electron chi connectivity index (χ4n) is 3.08. The Balaban J connectivity index is 1.42. The molecule has 0 saturated carbocycles. The fraction of sp³-hybridized carbons (Fsp3) is 0.211. The average molecular weight is 401 g/mol. The summed E-state index contributed by atoms with van der Waals surface area (Å²) in [7, 11) is 0. The van der Waals surface area contributed by atoms with Gasteiger partial charge in [0.2, 0.25) is 5.91 Å². The van der Waals surface area contributed by atoms with Crippen LogP contribution >= 0.6 is 22.9 Å². The Morgan fingerprint density at radius 2 is 2.07 bits per heavy atom. The summed E-state index contributed by atoms with van der Waals surface area (Å²) in [6.07, 6.45) is 0. The maximum absolute atomic E-state index is 12.6.